The van der Waals surface area contributed by atoms with E-state index in [4.69, 9.17) is 18.0 Å². The lowest BCUT2D eigenvalue weighted by Gasteiger charge is -2.21. The van der Waals surface area contributed by atoms with Crippen LogP contribution in [-0.4, -0.2) is 16.8 Å². The van der Waals surface area contributed by atoms with Gasteiger partial charge < -0.3 is 11.1 Å². The summed E-state index contributed by atoms with van der Waals surface area (Å²) in [4.78, 5) is 8.93. The zero-order valence-corrected chi connectivity index (χ0v) is 12.2. The average molecular weight is 274 g/mol. The quantitative estimate of drug-likeness (QED) is 0.815. The number of rotatable bonds is 2. The maximum Gasteiger partial charge on any atom is 0.222 e. The summed E-state index contributed by atoms with van der Waals surface area (Å²) < 4.78 is 0. The Bertz CT molecular complexity index is 575. The normalized spacial score (nSPS) is 18.9. The van der Waals surface area contributed by atoms with Crippen molar-refractivity contribution < 1.29 is 0 Å². The number of hydrogen-bond donors (Lipinski definition) is 2. The van der Waals surface area contributed by atoms with Gasteiger partial charge in [0.05, 0.1) is 5.92 Å². The van der Waals surface area contributed by atoms with Gasteiger partial charge in [-0.25, -0.2) is 4.99 Å². The van der Waals surface area contributed by atoms with Crippen molar-refractivity contribution >= 4 is 34.7 Å². The summed E-state index contributed by atoms with van der Waals surface area (Å²) >= 11 is 5.25. The van der Waals surface area contributed by atoms with Gasteiger partial charge in [0.25, 0.3) is 0 Å². The van der Waals surface area contributed by atoms with Gasteiger partial charge >= 0.3 is 0 Å². The molecule has 0 saturated carbocycles. The van der Waals surface area contributed by atoms with Crippen molar-refractivity contribution in [3.05, 3.63) is 29.3 Å². The molecule has 1 aliphatic rings. The standard InChI is InChI=1S/C14H18N4S/c1-4-11-12(17-14(15)18-13(11)19)16-10-6-5-8(2)9(3)7-10/h5-7,11H,4H2,1-3H3,(H3,15,16,17,18,19). The third kappa shape index (κ3) is 2.98. The zero-order chi connectivity index (χ0) is 14.0. The maximum atomic E-state index is 5.68. The smallest absolute Gasteiger partial charge is 0.222 e. The number of nitrogens with one attached hydrogen (secondary N) is 1. The summed E-state index contributed by atoms with van der Waals surface area (Å²) in [5.41, 5.74) is 9.17. The van der Waals surface area contributed by atoms with Crippen LogP contribution in [0.4, 0.5) is 5.69 Å². The molecule has 0 saturated heterocycles. The summed E-state index contributed by atoms with van der Waals surface area (Å²) in [7, 11) is 0. The number of guanidine groups is 1. The van der Waals surface area contributed by atoms with Crippen molar-refractivity contribution in [2.24, 2.45) is 21.6 Å². The lowest BCUT2D eigenvalue weighted by Crippen LogP contribution is -2.34. The lowest BCUT2D eigenvalue weighted by atomic mass is 10.0. The molecular formula is C14H18N4S. The molecule has 3 N–H and O–H groups in total. The Morgan fingerprint density at radius 1 is 1.26 bits per heavy atom. The van der Waals surface area contributed by atoms with E-state index < -0.39 is 0 Å². The van der Waals surface area contributed by atoms with E-state index in [1.165, 1.54) is 11.1 Å². The number of thiocarbonyl (C=S) groups is 1. The summed E-state index contributed by atoms with van der Waals surface area (Å²) in [6.07, 6.45) is 0.853. The number of hydrogen-bond acceptors (Lipinski definition) is 4. The van der Waals surface area contributed by atoms with E-state index in [2.05, 4.69) is 48.2 Å². The van der Waals surface area contributed by atoms with Crippen LogP contribution in [0.2, 0.25) is 0 Å². The molecule has 1 aromatic carbocycles. The van der Waals surface area contributed by atoms with Gasteiger partial charge in [-0.15, -0.1) is 0 Å². The van der Waals surface area contributed by atoms with E-state index in [0.29, 0.717) is 4.99 Å². The molecule has 0 amide bonds. The molecule has 1 heterocycles. The highest BCUT2D eigenvalue weighted by Crippen LogP contribution is 2.19. The van der Waals surface area contributed by atoms with Crippen molar-refractivity contribution in [3.8, 4) is 0 Å². The predicted octanol–water partition coefficient (Wildman–Crippen LogP) is 2.80. The minimum atomic E-state index is 0.0314. The van der Waals surface area contributed by atoms with E-state index in [9.17, 15) is 0 Å². The molecule has 2 rings (SSSR count). The highest BCUT2D eigenvalue weighted by Gasteiger charge is 2.23. The van der Waals surface area contributed by atoms with Crippen LogP contribution >= 0.6 is 12.2 Å². The van der Waals surface area contributed by atoms with E-state index in [1.54, 1.807) is 0 Å². The molecule has 19 heavy (non-hydrogen) atoms. The molecule has 100 valence electrons. The molecule has 1 unspecified atom stereocenters. The molecule has 1 atom stereocenters. The van der Waals surface area contributed by atoms with Gasteiger partial charge in [-0.3, -0.25) is 0 Å². The second kappa shape index (κ2) is 5.48. The summed E-state index contributed by atoms with van der Waals surface area (Å²) in [5, 5.41) is 3.31. The van der Waals surface area contributed by atoms with Crippen LogP contribution < -0.4 is 11.1 Å². The van der Waals surface area contributed by atoms with Crippen LogP contribution in [0.1, 0.15) is 24.5 Å². The first kappa shape index (κ1) is 13.7. The van der Waals surface area contributed by atoms with Crippen LogP contribution in [0.25, 0.3) is 0 Å². The monoisotopic (exact) mass is 274 g/mol. The molecule has 4 nitrogen and oxygen atoms in total. The van der Waals surface area contributed by atoms with Gasteiger partial charge in [-0.1, -0.05) is 25.2 Å². The van der Waals surface area contributed by atoms with Gasteiger partial charge in [0, 0.05) is 5.69 Å². The van der Waals surface area contributed by atoms with Gasteiger partial charge in [0.2, 0.25) is 5.96 Å². The number of aliphatic imine (C=N–C) groups is 2. The molecule has 0 aliphatic carbocycles. The topological polar surface area (TPSA) is 62.8 Å². The number of nitrogens with zero attached hydrogens (tertiary/aromatic N) is 2. The van der Waals surface area contributed by atoms with Crippen molar-refractivity contribution in [2.75, 3.05) is 5.32 Å². The van der Waals surface area contributed by atoms with Crippen molar-refractivity contribution in [2.45, 2.75) is 27.2 Å². The zero-order valence-electron chi connectivity index (χ0n) is 11.4. The molecule has 5 heteroatoms. The van der Waals surface area contributed by atoms with Crippen LogP contribution in [0, 0.1) is 19.8 Å². The lowest BCUT2D eigenvalue weighted by molar-refractivity contribution is 0.852. The van der Waals surface area contributed by atoms with Crippen LogP contribution in [-0.2, 0) is 0 Å². The first-order valence-electron chi connectivity index (χ1n) is 6.32. The van der Waals surface area contributed by atoms with Gasteiger partial charge in [-0.05, 0) is 43.5 Å². The van der Waals surface area contributed by atoms with E-state index in [1.807, 2.05) is 6.07 Å². The number of aryl methyl sites for hydroxylation is 2. The Balaban J connectivity index is 2.27. The van der Waals surface area contributed by atoms with E-state index in [-0.39, 0.29) is 11.9 Å². The number of benzene rings is 1. The average Bonchev–Trinajstić information content (AvgIpc) is 2.33. The third-order valence-electron chi connectivity index (χ3n) is 3.28. The molecule has 0 aromatic heterocycles. The minimum Gasteiger partial charge on any atom is -0.368 e. The van der Waals surface area contributed by atoms with Crippen molar-refractivity contribution in [1.29, 1.82) is 0 Å². The SMILES string of the molecule is CCC1C(=S)N=C(N)N=C1Nc1ccc(C)c(C)c1. The Kier molecular flexibility index (Phi) is 3.95. The Hall–Kier alpha value is -1.75. The van der Waals surface area contributed by atoms with E-state index >= 15 is 0 Å². The second-order valence-electron chi connectivity index (χ2n) is 4.69. The summed E-state index contributed by atoms with van der Waals surface area (Å²) in [6.45, 7) is 6.23. The molecule has 1 aliphatic heterocycles. The Morgan fingerprint density at radius 2 is 2.00 bits per heavy atom. The van der Waals surface area contributed by atoms with Crippen LogP contribution in [0.5, 0.6) is 0 Å². The molecule has 0 spiro atoms. The first-order chi connectivity index (χ1) is 9.01. The number of nitrogens with two attached hydrogens (primary N) is 1. The summed E-state index contributed by atoms with van der Waals surface area (Å²) in [6, 6.07) is 6.20. The van der Waals surface area contributed by atoms with Gasteiger partial charge in [0.1, 0.15) is 10.8 Å². The predicted molar refractivity (Wildman–Crippen MR) is 85.0 cm³/mol. The largest absolute Gasteiger partial charge is 0.368 e. The maximum absolute atomic E-state index is 5.68. The minimum absolute atomic E-state index is 0.0314. The highest BCUT2D eigenvalue weighted by atomic mass is 32.1. The number of amidine groups is 1. The molecule has 0 bridgehead atoms. The molecule has 0 radical (unpaired) electrons. The fourth-order valence-electron chi connectivity index (χ4n) is 1.98. The molecular weight excluding hydrogens is 256 g/mol. The molecule has 1 aromatic rings. The first-order valence-corrected chi connectivity index (χ1v) is 6.73. The van der Waals surface area contributed by atoms with Gasteiger partial charge in [0.15, 0.2) is 0 Å². The fraction of sp³-hybridized carbons (Fsp3) is 0.357. The molecule has 0 fully saturated rings. The summed E-state index contributed by atoms with van der Waals surface area (Å²) in [5.74, 6) is 1.04. The van der Waals surface area contributed by atoms with Crippen molar-refractivity contribution in [1.82, 2.24) is 0 Å². The van der Waals surface area contributed by atoms with E-state index in [0.717, 1.165) is 17.9 Å². The second-order valence-corrected chi connectivity index (χ2v) is 5.11. The van der Waals surface area contributed by atoms with Crippen LogP contribution in [0.15, 0.2) is 28.2 Å². The Labute approximate surface area is 118 Å². The number of anilines is 1. The third-order valence-corrected chi connectivity index (χ3v) is 3.65. The highest BCUT2D eigenvalue weighted by molar-refractivity contribution is 7.80. The fourth-order valence-corrected chi connectivity index (χ4v) is 2.36. The van der Waals surface area contributed by atoms with Gasteiger partial charge in [-0.2, -0.15) is 4.99 Å². The van der Waals surface area contributed by atoms with Crippen molar-refractivity contribution in [3.63, 3.8) is 0 Å². The Morgan fingerprint density at radius 3 is 2.63 bits per heavy atom. The van der Waals surface area contributed by atoms with Crippen LogP contribution in [0.3, 0.4) is 0 Å².